The summed E-state index contributed by atoms with van der Waals surface area (Å²) in [7, 11) is 0. The van der Waals surface area contributed by atoms with Gasteiger partial charge in [0.25, 0.3) is 0 Å². The zero-order valence-corrected chi connectivity index (χ0v) is 12.9. The highest BCUT2D eigenvalue weighted by molar-refractivity contribution is 6.30. The number of carbonyl (C=O) groups excluding carboxylic acids is 1. The molecule has 1 aliphatic rings. The molecule has 0 radical (unpaired) electrons. The van der Waals surface area contributed by atoms with Crippen molar-refractivity contribution in [2.75, 3.05) is 5.32 Å². The Bertz CT molecular complexity index is 562. The number of nitrogens with one attached hydrogen (secondary N) is 1. The Morgan fingerprint density at radius 1 is 1.43 bits per heavy atom. The Morgan fingerprint density at radius 2 is 2.10 bits per heavy atom. The number of hydrogen-bond donors (Lipinski definition) is 2. The monoisotopic (exact) mass is 310 g/mol. The smallest absolute Gasteiger partial charge is 0.307 e. The molecule has 1 heterocycles. The van der Waals surface area contributed by atoms with Gasteiger partial charge in [0.05, 0.1) is 23.7 Å². The lowest BCUT2D eigenvalue weighted by molar-refractivity contribution is -0.145. The maximum Gasteiger partial charge on any atom is 0.307 e. The van der Waals surface area contributed by atoms with Gasteiger partial charge in [0.15, 0.2) is 0 Å². The first-order chi connectivity index (χ1) is 9.92. The van der Waals surface area contributed by atoms with E-state index in [0.717, 1.165) is 12.0 Å². The Labute approximate surface area is 128 Å². The van der Waals surface area contributed by atoms with Gasteiger partial charge in [-0.1, -0.05) is 24.9 Å². The van der Waals surface area contributed by atoms with Crippen molar-refractivity contribution in [1.29, 1.82) is 0 Å². The Hall–Kier alpha value is -1.62. The minimum atomic E-state index is -0.892. The van der Waals surface area contributed by atoms with Crippen LogP contribution in [0.25, 0.3) is 0 Å². The number of carboxylic acid groups (broad SMARTS) is 1. The number of hydrogen-bond acceptors (Lipinski definition) is 3. The molecule has 114 valence electrons. The molecule has 1 aromatic heterocycles. The molecule has 5 nitrogen and oxygen atoms in total. The summed E-state index contributed by atoms with van der Waals surface area (Å²) in [6.07, 6.45) is 3.57. The third kappa shape index (κ3) is 3.53. The maximum atomic E-state index is 12.4. The zero-order chi connectivity index (χ0) is 15.6. The van der Waals surface area contributed by atoms with Crippen LogP contribution in [-0.2, 0) is 9.59 Å². The summed E-state index contributed by atoms with van der Waals surface area (Å²) in [6.45, 7) is 3.82. The number of halogens is 1. The number of nitrogens with zero attached hydrogens (tertiary/aromatic N) is 1. The summed E-state index contributed by atoms with van der Waals surface area (Å²) in [5, 5.41) is 12.4. The summed E-state index contributed by atoms with van der Waals surface area (Å²) in [5.74, 6) is -1.93. The summed E-state index contributed by atoms with van der Waals surface area (Å²) in [4.78, 5) is 27.6. The lowest BCUT2D eigenvalue weighted by Gasteiger charge is -2.15. The van der Waals surface area contributed by atoms with E-state index < -0.39 is 17.8 Å². The second-order valence-electron chi connectivity index (χ2n) is 5.62. The molecule has 21 heavy (non-hydrogen) atoms. The number of aryl methyl sites for hydroxylation is 1. The summed E-state index contributed by atoms with van der Waals surface area (Å²) in [5.41, 5.74) is 1.31. The largest absolute Gasteiger partial charge is 0.481 e. The highest BCUT2D eigenvalue weighted by Crippen LogP contribution is 2.39. The number of aromatic nitrogens is 1. The van der Waals surface area contributed by atoms with Gasteiger partial charge in [0, 0.05) is 0 Å². The van der Waals surface area contributed by atoms with E-state index in [1.165, 1.54) is 6.20 Å². The molecule has 0 aromatic carbocycles. The molecule has 3 atom stereocenters. The number of carbonyl (C=O) groups is 2. The van der Waals surface area contributed by atoms with Crippen molar-refractivity contribution < 1.29 is 14.7 Å². The second-order valence-corrected chi connectivity index (χ2v) is 5.98. The fourth-order valence-electron chi connectivity index (χ4n) is 2.90. The van der Waals surface area contributed by atoms with E-state index in [1.54, 1.807) is 13.0 Å². The Kier molecular flexibility index (Phi) is 4.83. The van der Waals surface area contributed by atoms with Crippen LogP contribution < -0.4 is 5.32 Å². The molecule has 1 saturated carbocycles. The van der Waals surface area contributed by atoms with Crippen molar-refractivity contribution in [1.82, 2.24) is 4.98 Å². The van der Waals surface area contributed by atoms with Crippen LogP contribution in [0.2, 0.25) is 5.15 Å². The number of amides is 1. The molecule has 2 rings (SSSR count). The van der Waals surface area contributed by atoms with Crippen molar-refractivity contribution >= 4 is 29.2 Å². The molecule has 2 N–H and O–H groups in total. The zero-order valence-electron chi connectivity index (χ0n) is 12.1. The number of rotatable bonds is 4. The highest BCUT2D eigenvalue weighted by Gasteiger charge is 2.42. The van der Waals surface area contributed by atoms with Crippen LogP contribution in [0.3, 0.4) is 0 Å². The number of carboxylic acids is 1. The van der Waals surface area contributed by atoms with Gasteiger partial charge in [-0.05, 0) is 37.3 Å². The molecule has 0 spiro atoms. The molecular weight excluding hydrogens is 292 g/mol. The first kappa shape index (κ1) is 15.8. The van der Waals surface area contributed by atoms with E-state index >= 15 is 0 Å². The van der Waals surface area contributed by atoms with Crippen molar-refractivity contribution in [2.45, 2.75) is 33.1 Å². The molecule has 6 heteroatoms. The quantitative estimate of drug-likeness (QED) is 0.837. The molecule has 1 aliphatic carbocycles. The molecule has 1 unspecified atom stereocenters. The van der Waals surface area contributed by atoms with E-state index in [2.05, 4.69) is 10.3 Å². The fourth-order valence-corrected chi connectivity index (χ4v) is 3.00. The van der Waals surface area contributed by atoms with Crippen LogP contribution in [0.1, 0.15) is 31.7 Å². The summed E-state index contributed by atoms with van der Waals surface area (Å²) >= 11 is 5.85. The third-order valence-electron chi connectivity index (χ3n) is 4.17. The van der Waals surface area contributed by atoms with Gasteiger partial charge < -0.3 is 10.4 Å². The van der Waals surface area contributed by atoms with Gasteiger partial charge in [0.1, 0.15) is 5.15 Å². The summed E-state index contributed by atoms with van der Waals surface area (Å²) in [6, 6.07) is 1.73. The van der Waals surface area contributed by atoms with Gasteiger partial charge in [-0.2, -0.15) is 0 Å². The van der Waals surface area contributed by atoms with Crippen molar-refractivity contribution in [2.24, 2.45) is 17.8 Å². The first-order valence-corrected chi connectivity index (χ1v) is 7.46. The minimum absolute atomic E-state index is 0.248. The van der Waals surface area contributed by atoms with Crippen molar-refractivity contribution in [3.05, 3.63) is 23.0 Å². The van der Waals surface area contributed by atoms with E-state index in [1.807, 2.05) is 6.92 Å². The normalized spacial score (nSPS) is 24.8. The standard InChI is InChI=1S/C15H19ClN2O3/c1-3-9-5-11(12(6-9)15(20)21)14(19)18-10-4-8(2)13(16)17-7-10/h4,7,9,11-12H,3,5-6H2,1-2H3,(H,18,19)(H,20,21)/t9?,11-,12+/m0/s1. The van der Waals surface area contributed by atoms with Gasteiger partial charge in [-0.3, -0.25) is 9.59 Å². The Morgan fingerprint density at radius 3 is 2.67 bits per heavy atom. The first-order valence-electron chi connectivity index (χ1n) is 7.08. The number of aliphatic carboxylic acids is 1. The van der Waals surface area contributed by atoms with Crippen molar-refractivity contribution in [3.8, 4) is 0 Å². The lowest BCUT2D eigenvalue weighted by Crippen LogP contribution is -2.30. The Balaban J connectivity index is 2.11. The highest BCUT2D eigenvalue weighted by atomic mass is 35.5. The number of anilines is 1. The van der Waals surface area contributed by atoms with Gasteiger partial charge in [-0.15, -0.1) is 0 Å². The SMILES string of the molecule is CCC1C[C@H](C(=O)Nc2cnc(Cl)c(C)c2)[C@H](C(=O)O)C1. The third-order valence-corrected chi connectivity index (χ3v) is 4.57. The van der Waals surface area contributed by atoms with E-state index in [4.69, 9.17) is 11.6 Å². The minimum Gasteiger partial charge on any atom is -0.481 e. The van der Waals surface area contributed by atoms with E-state index in [9.17, 15) is 14.7 Å². The predicted molar refractivity (Wildman–Crippen MR) is 80.2 cm³/mol. The van der Waals surface area contributed by atoms with Crippen molar-refractivity contribution in [3.63, 3.8) is 0 Å². The lowest BCUT2D eigenvalue weighted by atomic mass is 9.95. The van der Waals surface area contributed by atoms with Crippen LogP contribution in [0, 0.1) is 24.7 Å². The molecule has 1 amide bonds. The van der Waals surface area contributed by atoms with Gasteiger partial charge >= 0.3 is 5.97 Å². The average Bonchev–Trinajstić information content (AvgIpc) is 2.87. The molecule has 0 saturated heterocycles. The van der Waals surface area contributed by atoms with Crippen LogP contribution in [-0.4, -0.2) is 22.0 Å². The fraction of sp³-hybridized carbons (Fsp3) is 0.533. The molecule has 0 bridgehead atoms. The van der Waals surface area contributed by atoms with E-state index in [-0.39, 0.29) is 5.91 Å². The topological polar surface area (TPSA) is 79.3 Å². The summed E-state index contributed by atoms with van der Waals surface area (Å²) < 4.78 is 0. The molecular formula is C15H19ClN2O3. The predicted octanol–water partition coefficient (Wildman–Crippen LogP) is 3.12. The molecule has 0 aliphatic heterocycles. The van der Waals surface area contributed by atoms with Crippen LogP contribution in [0.4, 0.5) is 5.69 Å². The number of pyridine rings is 1. The van der Waals surface area contributed by atoms with Gasteiger partial charge in [-0.25, -0.2) is 4.98 Å². The molecule has 1 aromatic rings. The van der Waals surface area contributed by atoms with Crippen LogP contribution in [0.15, 0.2) is 12.3 Å². The second kappa shape index (κ2) is 6.43. The average molecular weight is 311 g/mol. The van der Waals surface area contributed by atoms with Gasteiger partial charge in [0.2, 0.25) is 5.91 Å². The van der Waals surface area contributed by atoms with E-state index in [0.29, 0.717) is 29.6 Å². The molecule has 1 fully saturated rings. The maximum absolute atomic E-state index is 12.4. The van der Waals surface area contributed by atoms with Crippen LogP contribution >= 0.6 is 11.6 Å². The van der Waals surface area contributed by atoms with Crippen LogP contribution in [0.5, 0.6) is 0 Å².